The predicted octanol–water partition coefficient (Wildman–Crippen LogP) is 5.36. The minimum absolute atomic E-state index is 0.121. The van der Waals surface area contributed by atoms with Crippen LogP contribution in [0.25, 0.3) is 11.4 Å². The maximum Gasteiger partial charge on any atom is 0.471 e. The Morgan fingerprint density at radius 3 is 2.52 bits per heavy atom. The number of hydrogen-bond donors (Lipinski definition) is 0. The van der Waals surface area contributed by atoms with Gasteiger partial charge in [0.05, 0.1) is 0 Å². The topological polar surface area (TPSA) is 38.9 Å². The van der Waals surface area contributed by atoms with Crippen LogP contribution in [0.2, 0.25) is 5.02 Å². The standard InChI is InChI=1S/C15H7ClF3N2OS/c16-10-4-6-11(7-5-10)23-12-3-1-2-9(8-12)13-20-14(22-21-13)15(17,18)19/h1-2,4-8H. The predicted molar refractivity (Wildman–Crippen MR) is 79.1 cm³/mol. The van der Waals surface area contributed by atoms with E-state index in [-0.39, 0.29) is 5.82 Å². The molecule has 0 aliphatic heterocycles. The summed E-state index contributed by atoms with van der Waals surface area (Å²) in [5.41, 5.74) is 0.416. The maximum atomic E-state index is 12.5. The van der Waals surface area contributed by atoms with Gasteiger partial charge in [-0.1, -0.05) is 40.7 Å². The fourth-order valence-electron chi connectivity index (χ4n) is 1.73. The van der Waals surface area contributed by atoms with Gasteiger partial charge in [0, 0.05) is 20.4 Å². The number of alkyl halides is 3. The molecule has 117 valence electrons. The Kier molecular flexibility index (Phi) is 4.32. The summed E-state index contributed by atoms with van der Waals surface area (Å²) in [7, 11) is 0. The van der Waals surface area contributed by atoms with E-state index in [1.165, 1.54) is 11.8 Å². The first-order valence-corrected chi connectivity index (χ1v) is 7.48. The Bertz CT molecular complexity index is 818. The molecule has 0 saturated heterocycles. The highest BCUT2D eigenvalue weighted by Crippen LogP contribution is 2.32. The Balaban J connectivity index is 1.85. The van der Waals surface area contributed by atoms with Crippen molar-refractivity contribution in [3.05, 3.63) is 59.4 Å². The van der Waals surface area contributed by atoms with Gasteiger partial charge in [-0.2, -0.15) is 18.2 Å². The van der Waals surface area contributed by atoms with Crippen molar-refractivity contribution in [2.24, 2.45) is 0 Å². The molecule has 1 heterocycles. The Hall–Kier alpha value is -1.99. The van der Waals surface area contributed by atoms with Crippen molar-refractivity contribution < 1.29 is 17.7 Å². The molecule has 0 unspecified atom stereocenters. The minimum atomic E-state index is -4.66. The van der Waals surface area contributed by atoms with Crippen LogP contribution in [0.15, 0.2) is 56.8 Å². The van der Waals surface area contributed by atoms with E-state index in [0.29, 0.717) is 15.5 Å². The summed E-state index contributed by atoms with van der Waals surface area (Å²) in [5, 5.41) is 3.99. The van der Waals surface area contributed by atoms with Gasteiger partial charge < -0.3 is 4.52 Å². The minimum Gasteiger partial charge on any atom is -0.329 e. The van der Waals surface area contributed by atoms with Crippen molar-refractivity contribution >= 4 is 23.4 Å². The van der Waals surface area contributed by atoms with Crippen LogP contribution < -0.4 is 0 Å². The van der Waals surface area contributed by atoms with E-state index in [1.54, 1.807) is 30.3 Å². The molecule has 0 amide bonds. The highest BCUT2D eigenvalue weighted by molar-refractivity contribution is 7.99. The van der Waals surface area contributed by atoms with Gasteiger partial charge in [-0.25, -0.2) is 0 Å². The number of aromatic nitrogens is 2. The molecule has 3 aromatic rings. The third-order valence-corrected chi connectivity index (χ3v) is 3.96. The number of halogens is 4. The summed E-state index contributed by atoms with van der Waals surface area (Å²) in [4.78, 5) is 5.00. The average molecular weight is 356 g/mol. The molecular weight excluding hydrogens is 349 g/mol. The van der Waals surface area contributed by atoms with Crippen LogP contribution in [-0.2, 0) is 6.18 Å². The van der Waals surface area contributed by atoms with E-state index >= 15 is 0 Å². The highest BCUT2D eigenvalue weighted by Gasteiger charge is 2.38. The molecule has 23 heavy (non-hydrogen) atoms. The van der Waals surface area contributed by atoms with Crippen LogP contribution in [0.5, 0.6) is 0 Å². The first-order chi connectivity index (χ1) is 10.9. The monoisotopic (exact) mass is 355 g/mol. The van der Waals surface area contributed by atoms with E-state index in [1.807, 2.05) is 12.1 Å². The second-order valence-corrected chi connectivity index (χ2v) is 5.97. The third-order valence-electron chi connectivity index (χ3n) is 2.74. The van der Waals surface area contributed by atoms with Gasteiger partial charge >= 0.3 is 12.1 Å². The van der Waals surface area contributed by atoms with Crippen LogP contribution >= 0.6 is 23.4 Å². The van der Waals surface area contributed by atoms with Crippen molar-refractivity contribution in [2.75, 3.05) is 0 Å². The molecule has 1 aromatic heterocycles. The molecule has 0 bridgehead atoms. The van der Waals surface area contributed by atoms with Crippen LogP contribution in [0.1, 0.15) is 5.89 Å². The van der Waals surface area contributed by atoms with Gasteiger partial charge in [0.1, 0.15) is 0 Å². The summed E-state index contributed by atoms with van der Waals surface area (Å²) in [6.07, 6.45) is -4.66. The van der Waals surface area contributed by atoms with Crippen LogP contribution in [0, 0.1) is 6.07 Å². The van der Waals surface area contributed by atoms with Crippen molar-refractivity contribution in [3.8, 4) is 11.4 Å². The lowest BCUT2D eigenvalue weighted by molar-refractivity contribution is -0.159. The lowest BCUT2D eigenvalue weighted by Gasteiger charge is -2.03. The van der Waals surface area contributed by atoms with E-state index < -0.39 is 12.1 Å². The van der Waals surface area contributed by atoms with Gasteiger partial charge in [0.25, 0.3) is 0 Å². The van der Waals surface area contributed by atoms with Crippen molar-refractivity contribution in [2.45, 2.75) is 16.0 Å². The largest absolute Gasteiger partial charge is 0.471 e. The van der Waals surface area contributed by atoms with E-state index in [0.717, 1.165) is 4.90 Å². The lowest BCUT2D eigenvalue weighted by Crippen LogP contribution is -2.04. The first-order valence-electron chi connectivity index (χ1n) is 6.28. The molecule has 3 nitrogen and oxygen atoms in total. The molecule has 3 rings (SSSR count). The SMILES string of the molecule is FC(F)(F)c1nc(-c2cc[c]c(Sc3ccc(Cl)cc3)c2)no1. The van der Waals surface area contributed by atoms with E-state index in [2.05, 4.69) is 20.7 Å². The van der Waals surface area contributed by atoms with Crippen LogP contribution in [0.3, 0.4) is 0 Å². The lowest BCUT2D eigenvalue weighted by atomic mass is 10.2. The zero-order valence-electron chi connectivity index (χ0n) is 11.3. The fourth-order valence-corrected chi connectivity index (χ4v) is 2.69. The number of nitrogens with zero attached hydrogens (tertiary/aromatic N) is 2. The molecule has 0 spiro atoms. The molecule has 0 saturated carbocycles. The zero-order valence-corrected chi connectivity index (χ0v) is 12.8. The molecule has 2 aromatic carbocycles. The third kappa shape index (κ3) is 3.86. The summed E-state index contributed by atoms with van der Waals surface area (Å²) >= 11 is 7.22. The van der Waals surface area contributed by atoms with Crippen LogP contribution in [-0.4, -0.2) is 10.1 Å². The van der Waals surface area contributed by atoms with E-state index in [9.17, 15) is 13.2 Å². The second-order valence-electron chi connectivity index (χ2n) is 4.42. The van der Waals surface area contributed by atoms with Gasteiger partial charge in [-0.3, -0.25) is 0 Å². The molecule has 0 atom stereocenters. The quantitative estimate of drug-likeness (QED) is 0.634. The smallest absolute Gasteiger partial charge is 0.329 e. The Morgan fingerprint density at radius 1 is 1.13 bits per heavy atom. The summed E-state index contributed by atoms with van der Waals surface area (Å²) in [5.74, 6) is -1.49. The highest BCUT2D eigenvalue weighted by atomic mass is 35.5. The number of rotatable bonds is 3. The zero-order chi connectivity index (χ0) is 16.4. The van der Waals surface area contributed by atoms with E-state index in [4.69, 9.17) is 11.6 Å². The van der Waals surface area contributed by atoms with Gasteiger partial charge in [-0.15, -0.1) is 0 Å². The molecular formula is C15H7ClF3N2OS. The maximum absolute atomic E-state index is 12.5. The molecule has 0 N–H and O–H groups in total. The first kappa shape index (κ1) is 15.9. The van der Waals surface area contributed by atoms with Crippen LogP contribution in [0.4, 0.5) is 13.2 Å². The number of benzene rings is 2. The van der Waals surface area contributed by atoms with Gasteiger partial charge in [-0.05, 0) is 36.4 Å². The summed E-state index contributed by atoms with van der Waals surface area (Å²) < 4.78 is 41.7. The molecule has 1 radical (unpaired) electrons. The van der Waals surface area contributed by atoms with Gasteiger partial charge in [0.15, 0.2) is 0 Å². The van der Waals surface area contributed by atoms with Crippen molar-refractivity contribution in [1.29, 1.82) is 0 Å². The van der Waals surface area contributed by atoms with Gasteiger partial charge in [0.2, 0.25) is 5.82 Å². The second kappa shape index (κ2) is 6.25. The normalized spacial score (nSPS) is 11.7. The summed E-state index contributed by atoms with van der Waals surface area (Å²) in [6.45, 7) is 0. The fraction of sp³-hybridized carbons (Fsp3) is 0.0667. The Morgan fingerprint density at radius 2 is 1.87 bits per heavy atom. The number of hydrogen-bond acceptors (Lipinski definition) is 4. The van der Waals surface area contributed by atoms with Crippen molar-refractivity contribution in [1.82, 2.24) is 10.1 Å². The van der Waals surface area contributed by atoms with Crippen molar-refractivity contribution in [3.63, 3.8) is 0 Å². The molecule has 8 heteroatoms. The molecule has 0 fully saturated rings. The molecule has 0 aliphatic carbocycles. The summed E-state index contributed by atoms with van der Waals surface area (Å²) in [6, 6.07) is 15.0. The molecule has 0 aliphatic rings. The average Bonchev–Trinajstić information content (AvgIpc) is 3.00. The Labute approximate surface area is 138 Å².